The van der Waals surface area contributed by atoms with E-state index in [0.717, 1.165) is 30.4 Å². The number of carboxylic acids is 1. The number of amides is 2. The molecular weight excluding hydrogens is 452 g/mol. The zero-order valence-electron chi connectivity index (χ0n) is 19.0. The molecule has 8 heteroatoms. The highest BCUT2D eigenvalue weighted by Gasteiger charge is 2.31. The van der Waals surface area contributed by atoms with Crippen molar-refractivity contribution < 1.29 is 24.2 Å². The van der Waals surface area contributed by atoms with E-state index in [1.165, 1.54) is 22.9 Å². The van der Waals surface area contributed by atoms with Crippen LogP contribution in [-0.4, -0.2) is 54.3 Å². The summed E-state index contributed by atoms with van der Waals surface area (Å²) in [7, 11) is 0. The maximum atomic E-state index is 12.6. The number of hydrogen-bond donors (Lipinski definition) is 3. The SMILES string of the molecule is O=C(O)CSCCNC(=O)C(CNC(=O)OCC1c2ccccc2-c2ccccc21)CC1CC1. The average Bonchev–Trinajstić information content (AvgIpc) is 3.60. The molecule has 0 aromatic heterocycles. The summed E-state index contributed by atoms with van der Waals surface area (Å²) in [4.78, 5) is 35.7. The van der Waals surface area contributed by atoms with E-state index in [-0.39, 0.29) is 36.6 Å². The number of benzene rings is 2. The number of ether oxygens (including phenoxy) is 1. The minimum Gasteiger partial charge on any atom is -0.481 e. The second-order valence-corrected chi connectivity index (χ2v) is 9.92. The number of thioether (sulfide) groups is 1. The van der Waals surface area contributed by atoms with Crippen LogP contribution in [0.5, 0.6) is 0 Å². The van der Waals surface area contributed by atoms with E-state index in [1.807, 2.05) is 24.3 Å². The molecule has 1 atom stereocenters. The topological polar surface area (TPSA) is 105 Å². The second kappa shape index (κ2) is 11.4. The van der Waals surface area contributed by atoms with E-state index >= 15 is 0 Å². The van der Waals surface area contributed by atoms with Crippen LogP contribution in [0.3, 0.4) is 0 Å². The summed E-state index contributed by atoms with van der Waals surface area (Å²) in [6.45, 7) is 0.865. The number of carboxylic acid groups (broad SMARTS) is 1. The van der Waals surface area contributed by atoms with Gasteiger partial charge in [0.15, 0.2) is 0 Å². The Kier molecular flexibility index (Phi) is 8.11. The van der Waals surface area contributed by atoms with Crippen molar-refractivity contribution >= 4 is 29.7 Å². The summed E-state index contributed by atoms with van der Waals surface area (Å²) in [5.41, 5.74) is 4.66. The number of nitrogens with one attached hydrogen (secondary N) is 2. The Labute approximate surface area is 203 Å². The lowest BCUT2D eigenvalue weighted by Crippen LogP contribution is -2.40. The summed E-state index contributed by atoms with van der Waals surface area (Å²) in [6.07, 6.45) is 2.44. The predicted molar refractivity (Wildman–Crippen MR) is 132 cm³/mol. The van der Waals surface area contributed by atoms with Gasteiger partial charge in [0, 0.05) is 24.8 Å². The fourth-order valence-electron chi connectivity index (χ4n) is 4.45. The molecule has 2 aromatic carbocycles. The maximum absolute atomic E-state index is 12.6. The number of rotatable bonds is 12. The Morgan fingerprint density at radius 2 is 1.65 bits per heavy atom. The first-order valence-corrected chi connectivity index (χ1v) is 12.8. The molecule has 2 aliphatic carbocycles. The van der Waals surface area contributed by atoms with Crippen LogP contribution in [0.2, 0.25) is 0 Å². The smallest absolute Gasteiger partial charge is 0.407 e. The van der Waals surface area contributed by atoms with Crippen molar-refractivity contribution in [3.05, 3.63) is 59.7 Å². The summed E-state index contributed by atoms with van der Waals surface area (Å²) >= 11 is 1.26. The van der Waals surface area contributed by atoms with Crippen molar-refractivity contribution in [1.29, 1.82) is 0 Å². The van der Waals surface area contributed by atoms with Gasteiger partial charge in [-0.3, -0.25) is 9.59 Å². The van der Waals surface area contributed by atoms with Crippen molar-refractivity contribution in [2.45, 2.75) is 25.2 Å². The molecule has 0 radical (unpaired) electrons. The van der Waals surface area contributed by atoms with E-state index in [1.54, 1.807) is 0 Å². The first-order valence-electron chi connectivity index (χ1n) is 11.7. The number of carbonyl (C=O) groups excluding carboxylic acids is 2. The molecule has 180 valence electrons. The number of hydrogen-bond acceptors (Lipinski definition) is 5. The molecule has 2 aromatic rings. The molecule has 1 saturated carbocycles. The normalized spacial score (nSPS) is 15.2. The molecule has 0 bridgehead atoms. The Morgan fingerprint density at radius 3 is 2.26 bits per heavy atom. The lowest BCUT2D eigenvalue weighted by molar-refractivity contribution is -0.134. The van der Waals surface area contributed by atoms with Crippen LogP contribution >= 0.6 is 11.8 Å². The summed E-state index contributed by atoms with van der Waals surface area (Å²) in [5, 5.41) is 14.3. The molecule has 3 N–H and O–H groups in total. The van der Waals surface area contributed by atoms with E-state index in [0.29, 0.717) is 18.2 Å². The van der Waals surface area contributed by atoms with Crippen LogP contribution < -0.4 is 10.6 Å². The highest BCUT2D eigenvalue weighted by Crippen LogP contribution is 2.44. The fraction of sp³-hybridized carbons (Fsp3) is 0.423. The van der Waals surface area contributed by atoms with Gasteiger partial charge in [-0.1, -0.05) is 61.4 Å². The minimum absolute atomic E-state index is 0.00740. The van der Waals surface area contributed by atoms with Crippen LogP contribution in [0.4, 0.5) is 4.79 Å². The van der Waals surface area contributed by atoms with Gasteiger partial charge in [-0.25, -0.2) is 4.79 Å². The monoisotopic (exact) mass is 482 g/mol. The summed E-state index contributed by atoms with van der Waals surface area (Å²) in [5.74, 6) is -0.221. The molecule has 1 fully saturated rings. The third kappa shape index (κ3) is 6.32. The van der Waals surface area contributed by atoms with Gasteiger partial charge in [0.05, 0.1) is 11.7 Å². The van der Waals surface area contributed by atoms with E-state index < -0.39 is 12.1 Å². The third-order valence-corrected chi connectivity index (χ3v) is 7.24. The van der Waals surface area contributed by atoms with E-state index in [2.05, 4.69) is 34.9 Å². The zero-order chi connectivity index (χ0) is 23.9. The highest BCUT2D eigenvalue weighted by atomic mass is 32.2. The van der Waals surface area contributed by atoms with Gasteiger partial charge in [0.25, 0.3) is 0 Å². The lowest BCUT2D eigenvalue weighted by atomic mass is 9.98. The molecule has 0 heterocycles. The molecule has 0 saturated heterocycles. The third-order valence-electron chi connectivity index (χ3n) is 6.29. The van der Waals surface area contributed by atoms with Crippen LogP contribution in [-0.2, 0) is 14.3 Å². The second-order valence-electron chi connectivity index (χ2n) is 8.82. The predicted octanol–water partition coefficient (Wildman–Crippen LogP) is 3.88. The molecule has 2 amide bonds. The largest absolute Gasteiger partial charge is 0.481 e. The van der Waals surface area contributed by atoms with Crippen molar-refractivity contribution in [2.24, 2.45) is 11.8 Å². The molecule has 0 aliphatic heterocycles. The molecule has 7 nitrogen and oxygen atoms in total. The Balaban J connectivity index is 1.26. The quantitative estimate of drug-likeness (QED) is 0.397. The molecule has 0 spiro atoms. The maximum Gasteiger partial charge on any atom is 0.407 e. The zero-order valence-corrected chi connectivity index (χ0v) is 19.8. The highest BCUT2D eigenvalue weighted by molar-refractivity contribution is 7.99. The molecular formula is C26H30N2O5S. The summed E-state index contributed by atoms with van der Waals surface area (Å²) in [6, 6.07) is 16.4. The average molecular weight is 483 g/mol. The van der Waals surface area contributed by atoms with E-state index in [4.69, 9.17) is 9.84 Å². The first-order chi connectivity index (χ1) is 16.5. The number of fused-ring (bicyclic) bond motifs is 3. The van der Waals surface area contributed by atoms with Crippen LogP contribution in [0.25, 0.3) is 11.1 Å². The van der Waals surface area contributed by atoms with Crippen molar-refractivity contribution in [1.82, 2.24) is 10.6 Å². The standard InChI is InChI=1S/C26H30N2O5S/c29-24(30)16-34-12-11-27-25(31)18(13-17-9-10-17)14-28-26(32)33-15-23-21-7-3-1-5-19(21)20-6-2-4-8-22(20)23/h1-8,17-18,23H,9-16H2,(H,27,31)(H,28,32)(H,29,30). The lowest BCUT2D eigenvalue weighted by Gasteiger charge is -2.18. The number of alkyl carbamates (subject to hydrolysis) is 1. The van der Waals surface area contributed by atoms with Gasteiger partial charge in [-0.15, -0.1) is 11.8 Å². The minimum atomic E-state index is -0.866. The Bertz CT molecular complexity index is 994. The van der Waals surface area contributed by atoms with Crippen molar-refractivity contribution in [3.8, 4) is 11.1 Å². The van der Waals surface area contributed by atoms with Crippen LogP contribution in [0.15, 0.2) is 48.5 Å². The molecule has 2 aliphatic rings. The molecule has 1 unspecified atom stereocenters. The fourth-order valence-corrected chi connectivity index (χ4v) is 5.01. The Morgan fingerprint density at radius 1 is 1.00 bits per heavy atom. The van der Waals surface area contributed by atoms with Gasteiger partial charge in [0.1, 0.15) is 6.61 Å². The first kappa shape index (κ1) is 24.1. The van der Waals surface area contributed by atoms with Crippen LogP contribution in [0.1, 0.15) is 36.3 Å². The van der Waals surface area contributed by atoms with Gasteiger partial charge in [-0.05, 0) is 34.6 Å². The molecule has 34 heavy (non-hydrogen) atoms. The van der Waals surface area contributed by atoms with Crippen LogP contribution in [0, 0.1) is 11.8 Å². The summed E-state index contributed by atoms with van der Waals surface area (Å²) < 4.78 is 5.59. The number of carbonyl (C=O) groups is 3. The van der Waals surface area contributed by atoms with E-state index in [9.17, 15) is 14.4 Å². The van der Waals surface area contributed by atoms with Crippen molar-refractivity contribution in [2.75, 3.05) is 31.2 Å². The number of aliphatic carboxylic acids is 1. The Hall–Kier alpha value is -3.00. The van der Waals surface area contributed by atoms with Gasteiger partial charge in [0.2, 0.25) is 5.91 Å². The van der Waals surface area contributed by atoms with Gasteiger partial charge < -0.3 is 20.5 Å². The van der Waals surface area contributed by atoms with Gasteiger partial charge in [-0.2, -0.15) is 0 Å². The van der Waals surface area contributed by atoms with Crippen molar-refractivity contribution in [3.63, 3.8) is 0 Å². The molecule has 4 rings (SSSR count). The van der Waals surface area contributed by atoms with Gasteiger partial charge >= 0.3 is 12.1 Å².